The maximum atomic E-state index is 12.9. The number of halogens is 3. The summed E-state index contributed by atoms with van der Waals surface area (Å²) in [6.45, 7) is 3.98. The van der Waals surface area contributed by atoms with Crippen molar-refractivity contribution in [1.82, 2.24) is 5.32 Å². The van der Waals surface area contributed by atoms with Crippen molar-refractivity contribution in [2.24, 2.45) is 0 Å². The molecule has 1 atom stereocenters. The van der Waals surface area contributed by atoms with Crippen LogP contribution in [0.3, 0.4) is 0 Å². The molecule has 0 aliphatic heterocycles. The molecule has 3 rings (SSSR count). The van der Waals surface area contributed by atoms with Gasteiger partial charge in [0.1, 0.15) is 4.34 Å². The summed E-state index contributed by atoms with van der Waals surface area (Å²) in [5.74, 6) is -0.228. The first-order valence-corrected chi connectivity index (χ1v) is 10.4. The molecule has 1 heterocycles. The maximum Gasteiger partial charge on any atom is 0.254 e. The fourth-order valence-electron chi connectivity index (χ4n) is 2.85. The fourth-order valence-corrected chi connectivity index (χ4v) is 4.78. The van der Waals surface area contributed by atoms with Crippen LogP contribution in [-0.4, -0.2) is 5.91 Å². The summed E-state index contributed by atoms with van der Waals surface area (Å²) in [4.78, 5) is 12.9. The van der Waals surface area contributed by atoms with Gasteiger partial charge in [-0.2, -0.15) is 0 Å². The van der Waals surface area contributed by atoms with E-state index in [1.807, 2.05) is 62.4 Å². The average molecular weight is 439 g/mol. The third kappa shape index (κ3) is 4.85. The van der Waals surface area contributed by atoms with Crippen molar-refractivity contribution >= 4 is 52.0 Å². The molecule has 2 nitrogen and oxygen atoms in total. The lowest BCUT2D eigenvalue weighted by atomic mass is 10.0. The van der Waals surface area contributed by atoms with Crippen molar-refractivity contribution in [1.29, 1.82) is 0 Å². The molecule has 0 bridgehead atoms. The van der Waals surface area contributed by atoms with Crippen LogP contribution in [0.4, 0.5) is 0 Å². The van der Waals surface area contributed by atoms with Crippen molar-refractivity contribution in [2.75, 3.05) is 0 Å². The Kier molecular flexibility index (Phi) is 6.48. The highest BCUT2D eigenvalue weighted by Crippen LogP contribution is 2.38. The second-order valence-electron chi connectivity index (χ2n) is 6.42. The van der Waals surface area contributed by atoms with Crippen LogP contribution in [0.25, 0.3) is 0 Å². The van der Waals surface area contributed by atoms with Gasteiger partial charge in [0.05, 0.1) is 15.9 Å². The van der Waals surface area contributed by atoms with E-state index in [9.17, 15) is 4.79 Å². The Labute approximate surface area is 178 Å². The molecule has 6 heteroatoms. The molecule has 0 radical (unpaired) electrons. The van der Waals surface area contributed by atoms with E-state index in [0.29, 0.717) is 25.7 Å². The van der Waals surface area contributed by atoms with Crippen LogP contribution in [-0.2, 0) is 6.42 Å². The summed E-state index contributed by atoms with van der Waals surface area (Å²) in [6, 6.07) is 15.4. The summed E-state index contributed by atoms with van der Waals surface area (Å²) < 4.78 is 0.916. The Hall–Kier alpha value is -1.52. The molecule has 0 saturated carbocycles. The number of rotatable bonds is 5. The molecule has 0 fully saturated rings. The van der Waals surface area contributed by atoms with Crippen LogP contribution in [0, 0.1) is 6.92 Å². The SMILES string of the molecule is Cc1ccc([C@H](C)NC(=O)c2c(Cl)sc(Cl)c2Cc2cccc(Cl)c2)cc1. The highest BCUT2D eigenvalue weighted by Gasteiger charge is 2.23. The zero-order valence-corrected chi connectivity index (χ0v) is 17.9. The third-order valence-electron chi connectivity index (χ3n) is 4.34. The van der Waals surface area contributed by atoms with Crippen molar-refractivity contribution in [3.63, 3.8) is 0 Å². The van der Waals surface area contributed by atoms with Gasteiger partial charge in [0, 0.05) is 17.0 Å². The Bertz CT molecular complexity index is 966. The summed E-state index contributed by atoms with van der Waals surface area (Å²) in [5, 5.41) is 3.66. The van der Waals surface area contributed by atoms with Gasteiger partial charge >= 0.3 is 0 Å². The standard InChI is InChI=1S/C21H18Cl3NOS/c1-12-6-8-15(9-7-12)13(2)25-21(26)18-17(19(23)27-20(18)24)11-14-4-3-5-16(22)10-14/h3-10,13H,11H2,1-2H3,(H,25,26)/t13-/m0/s1. The van der Waals surface area contributed by atoms with Gasteiger partial charge < -0.3 is 5.32 Å². The molecule has 0 unspecified atom stereocenters. The predicted octanol–water partition coefficient (Wildman–Crippen LogP) is 7.10. The van der Waals surface area contributed by atoms with Crippen molar-refractivity contribution in [3.05, 3.63) is 90.0 Å². The third-order valence-corrected chi connectivity index (χ3v) is 6.26. The van der Waals surface area contributed by atoms with E-state index >= 15 is 0 Å². The lowest BCUT2D eigenvalue weighted by Crippen LogP contribution is -2.27. The van der Waals surface area contributed by atoms with Gasteiger partial charge in [-0.05, 0) is 37.1 Å². The Balaban J connectivity index is 1.85. The Morgan fingerprint density at radius 3 is 2.44 bits per heavy atom. The first-order valence-electron chi connectivity index (χ1n) is 8.43. The van der Waals surface area contributed by atoms with Gasteiger partial charge in [-0.25, -0.2) is 0 Å². The molecule has 0 saturated heterocycles. The molecule has 0 aliphatic carbocycles. The minimum absolute atomic E-state index is 0.146. The number of thiophene rings is 1. The number of aryl methyl sites for hydroxylation is 1. The summed E-state index contributed by atoms with van der Waals surface area (Å²) >= 11 is 20.0. The van der Waals surface area contributed by atoms with E-state index in [0.717, 1.165) is 16.7 Å². The van der Waals surface area contributed by atoms with Crippen molar-refractivity contribution in [3.8, 4) is 0 Å². The number of carbonyl (C=O) groups is 1. The fraction of sp³-hybridized carbons (Fsp3) is 0.190. The largest absolute Gasteiger partial charge is 0.345 e. The zero-order valence-electron chi connectivity index (χ0n) is 14.9. The summed E-state index contributed by atoms with van der Waals surface area (Å²) in [7, 11) is 0. The molecule has 27 heavy (non-hydrogen) atoms. The minimum Gasteiger partial charge on any atom is -0.345 e. The molecule has 0 spiro atoms. The minimum atomic E-state index is -0.228. The lowest BCUT2D eigenvalue weighted by Gasteiger charge is -2.15. The number of hydrogen-bond donors (Lipinski definition) is 1. The van der Waals surface area contributed by atoms with Crippen molar-refractivity contribution < 1.29 is 4.79 Å². The summed E-state index contributed by atoms with van der Waals surface area (Å²) in [5.41, 5.74) is 4.34. The molecule has 1 N–H and O–H groups in total. The Morgan fingerprint density at radius 1 is 1.07 bits per heavy atom. The number of hydrogen-bond acceptors (Lipinski definition) is 2. The number of benzene rings is 2. The van der Waals surface area contributed by atoms with Crippen LogP contribution >= 0.6 is 46.1 Å². The molecule has 2 aromatic carbocycles. The van der Waals surface area contributed by atoms with Gasteiger partial charge in [-0.15, -0.1) is 11.3 Å². The average Bonchev–Trinajstić information content (AvgIpc) is 2.89. The quantitative estimate of drug-likeness (QED) is 0.452. The number of amides is 1. The van der Waals surface area contributed by atoms with Gasteiger partial charge in [0.2, 0.25) is 0 Å². The van der Waals surface area contributed by atoms with E-state index in [-0.39, 0.29) is 11.9 Å². The van der Waals surface area contributed by atoms with Gasteiger partial charge in [0.15, 0.2) is 0 Å². The second kappa shape index (κ2) is 8.66. The van der Waals surface area contributed by atoms with Gasteiger partial charge in [0.25, 0.3) is 5.91 Å². The van der Waals surface area contributed by atoms with Crippen LogP contribution in [0.15, 0.2) is 48.5 Å². The van der Waals surface area contributed by atoms with E-state index < -0.39 is 0 Å². The molecular formula is C21H18Cl3NOS. The highest BCUT2D eigenvalue weighted by molar-refractivity contribution is 7.20. The monoisotopic (exact) mass is 437 g/mol. The molecule has 3 aromatic rings. The van der Waals surface area contributed by atoms with Crippen molar-refractivity contribution in [2.45, 2.75) is 26.3 Å². The normalized spacial score (nSPS) is 12.0. The first-order chi connectivity index (χ1) is 12.8. The van der Waals surface area contributed by atoms with E-state index in [1.165, 1.54) is 16.9 Å². The van der Waals surface area contributed by atoms with E-state index in [4.69, 9.17) is 34.8 Å². The first kappa shape index (κ1) is 20.2. The van der Waals surface area contributed by atoms with Crippen LogP contribution in [0.2, 0.25) is 13.7 Å². The molecular weight excluding hydrogens is 421 g/mol. The zero-order chi connectivity index (χ0) is 19.6. The maximum absolute atomic E-state index is 12.9. The highest BCUT2D eigenvalue weighted by atomic mass is 35.5. The molecule has 1 aromatic heterocycles. The number of carbonyl (C=O) groups excluding carboxylic acids is 1. The topological polar surface area (TPSA) is 29.1 Å². The molecule has 140 valence electrons. The van der Waals surface area contributed by atoms with Crippen LogP contribution in [0.5, 0.6) is 0 Å². The molecule has 0 aliphatic rings. The summed E-state index contributed by atoms with van der Waals surface area (Å²) in [6.07, 6.45) is 0.490. The molecule has 1 amide bonds. The Morgan fingerprint density at radius 2 is 1.78 bits per heavy atom. The smallest absolute Gasteiger partial charge is 0.254 e. The van der Waals surface area contributed by atoms with Crippen LogP contribution < -0.4 is 5.32 Å². The van der Waals surface area contributed by atoms with E-state index in [1.54, 1.807) is 0 Å². The van der Waals surface area contributed by atoms with E-state index in [2.05, 4.69) is 5.32 Å². The second-order valence-corrected chi connectivity index (χ2v) is 9.08. The van der Waals surface area contributed by atoms with Crippen LogP contribution in [0.1, 0.15) is 45.6 Å². The predicted molar refractivity (Wildman–Crippen MR) is 116 cm³/mol. The van der Waals surface area contributed by atoms with Gasteiger partial charge in [-0.3, -0.25) is 4.79 Å². The lowest BCUT2D eigenvalue weighted by molar-refractivity contribution is 0.0939. The number of nitrogens with one attached hydrogen (secondary N) is 1. The van der Waals surface area contributed by atoms with Gasteiger partial charge in [-0.1, -0.05) is 76.8 Å².